The summed E-state index contributed by atoms with van der Waals surface area (Å²) >= 11 is 0. The first-order chi connectivity index (χ1) is 15.6. The molecule has 0 heterocycles. The van der Waals surface area contributed by atoms with Crippen molar-refractivity contribution in [2.24, 2.45) is 40.4 Å². The molecule has 0 N–H and O–H groups in total. The number of carbonyl (C=O) groups is 3. The molecule has 8 atom stereocenters. The van der Waals surface area contributed by atoms with Crippen LogP contribution in [0, 0.1) is 40.4 Å². The maximum atomic E-state index is 12.3. The third kappa shape index (κ3) is 4.21. The largest absolute Gasteiger partial charge is 0.463 e. The molecule has 0 aromatic heterocycles. The lowest BCUT2D eigenvalue weighted by Crippen LogP contribution is -2.54. The van der Waals surface area contributed by atoms with Gasteiger partial charge in [-0.15, -0.1) is 0 Å². The van der Waals surface area contributed by atoms with Gasteiger partial charge in [0.15, 0.2) is 5.78 Å². The van der Waals surface area contributed by atoms with Gasteiger partial charge in [0.25, 0.3) is 0 Å². The maximum Gasteiger partial charge on any atom is 0.330 e. The van der Waals surface area contributed by atoms with Crippen LogP contribution in [0.1, 0.15) is 79.6 Å². The summed E-state index contributed by atoms with van der Waals surface area (Å²) in [5.41, 5.74) is 1.22. The Kier molecular flexibility index (Phi) is 6.63. The molecule has 0 bridgehead atoms. The first-order valence-corrected chi connectivity index (χ1v) is 12.9. The van der Waals surface area contributed by atoms with Crippen molar-refractivity contribution in [1.29, 1.82) is 0 Å². The number of ketones is 1. The van der Waals surface area contributed by atoms with Gasteiger partial charge in [0.1, 0.15) is 6.10 Å². The van der Waals surface area contributed by atoms with Crippen molar-refractivity contribution in [3.8, 4) is 0 Å². The number of hydrogen-bond acceptors (Lipinski definition) is 5. The van der Waals surface area contributed by atoms with E-state index in [0.29, 0.717) is 42.6 Å². The van der Waals surface area contributed by atoms with Crippen LogP contribution < -0.4 is 0 Å². The Bertz CT molecular complexity index is 872. The summed E-state index contributed by atoms with van der Waals surface area (Å²) in [6.45, 7) is 10.7. The van der Waals surface area contributed by atoms with E-state index in [1.54, 1.807) is 12.2 Å². The van der Waals surface area contributed by atoms with Gasteiger partial charge in [0, 0.05) is 19.4 Å². The molecule has 0 aliphatic heterocycles. The van der Waals surface area contributed by atoms with E-state index in [2.05, 4.69) is 20.8 Å². The minimum Gasteiger partial charge on any atom is -0.463 e. The summed E-state index contributed by atoms with van der Waals surface area (Å²) in [5.74, 6) is 2.09. The summed E-state index contributed by atoms with van der Waals surface area (Å²) in [6, 6.07) is 0. The van der Waals surface area contributed by atoms with E-state index in [-0.39, 0.29) is 34.7 Å². The van der Waals surface area contributed by atoms with Crippen molar-refractivity contribution in [2.75, 3.05) is 6.61 Å². The molecule has 4 unspecified atom stereocenters. The summed E-state index contributed by atoms with van der Waals surface area (Å²) in [5, 5.41) is 0. The van der Waals surface area contributed by atoms with Gasteiger partial charge in [-0.2, -0.15) is 0 Å². The van der Waals surface area contributed by atoms with Gasteiger partial charge in [0.05, 0.1) is 6.61 Å². The van der Waals surface area contributed by atoms with Crippen LogP contribution in [0.15, 0.2) is 23.8 Å². The minimum atomic E-state index is -0.277. The maximum absolute atomic E-state index is 12.3. The van der Waals surface area contributed by atoms with Crippen LogP contribution >= 0.6 is 0 Å². The lowest BCUT2D eigenvalue weighted by molar-refractivity contribution is -0.153. The second-order valence-corrected chi connectivity index (χ2v) is 11.4. The lowest BCUT2D eigenvalue weighted by atomic mass is 9.46. The molecule has 4 rings (SSSR count). The molecule has 0 aromatic carbocycles. The Morgan fingerprint density at radius 3 is 2.64 bits per heavy atom. The molecule has 3 saturated carbocycles. The minimum absolute atomic E-state index is 0.0637. The average molecular weight is 457 g/mol. The highest BCUT2D eigenvalue weighted by Crippen LogP contribution is 2.67. The van der Waals surface area contributed by atoms with Gasteiger partial charge in [-0.25, -0.2) is 4.79 Å². The Labute approximate surface area is 198 Å². The van der Waals surface area contributed by atoms with Gasteiger partial charge >= 0.3 is 11.9 Å². The first-order valence-electron chi connectivity index (χ1n) is 12.9. The lowest BCUT2D eigenvalue weighted by Gasteiger charge is -2.59. The van der Waals surface area contributed by atoms with E-state index in [4.69, 9.17) is 9.47 Å². The summed E-state index contributed by atoms with van der Waals surface area (Å²) < 4.78 is 10.9. The zero-order valence-electron chi connectivity index (χ0n) is 20.9. The fourth-order valence-electron chi connectivity index (χ4n) is 8.35. The predicted octanol–water partition coefficient (Wildman–Crippen LogP) is 5.43. The topological polar surface area (TPSA) is 69.7 Å². The third-order valence-corrected chi connectivity index (χ3v) is 9.79. The van der Waals surface area contributed by atoms with E-state index in [1.807, 2.05) is 13.0 Å². The molecule has 33 heavy (non-hydrogen) atoms. The first kappa shape index (κ1) is 24.2. The Hall–Kier alpha value is -1.91. The van der Waals surface area contributed by atoms with Crippen molar-refractivity contribution in [2.45, 2.75) is 85.7 Å². The van der Waals surface area contributed by atoms with Crippen molar-refractivity contribution in [1.82, 2.24) is 0 Å². The molecule has 0 amide bonds. The number of hydrogen-bond donors (Lipinski definition) is 0. The molecule has 0 radical (unpaired) electrons. The molecule has 182 valence electrons. The van der Waals surface area contributed by atoms with Crippen LogP contribution in [0.4, 0.5) is 0 Å². The second-order valence-electron chi connectivity index (χ2n) is 11.4. The number of carbonyl (C=O) groups excluding carboxylic acids is 3. The molecule has 0 spiro atoms. The van der Waals surface area contributed by atoms with Crippen LogP contribution in [0.2, 0.25) is 0 Å². The molecule has 0 aromatic rings. The summed E-state index contributed by atoms with van der Waals surface area (Å²) in [6.07, 6.45) is 12.1. The number of ether oxygens (including phenoxy) is 2. The third-order valence-electron chi connectivity index (χ3n) is 9.79. The number of allylic oxidation sites excluding steroid dienone is 1. The van der Waals surface area contributed by atoms with Crippen LogP contribution in [0.25, 0.3) is 0 Å². The number of esters is 2. The van der Waals surface area contributed by atoms with E-state index in [0.717, 1.165) is 31.3 Å². The van der Waals surface area contributed by atoms with Crippen LogP contribution in [0.5, 0.6) is 0 Å². The molecule has 5 heteroatoms. The fraction of sp³-hybridized carbons (Fsp3) is 0.750. The van der Waals surface area contributed by atoms with Crippen molar-refractivity contribution >= 4 is 17.7 Å². The standard InChI is InChI=1S/C28H40O5/c1-6-32-26(31)10-7-17(2)21-8-9-22-20-16-25(33-18(3)29)24-15-19(30)11-13-28(24,5)23(20)12-14-27(21,22)4/h7,10,15,17,20-23,25H,6,8-9,11-14,16H2,1-5H3/b10-7+/t17-,20?,21?,22?,23?,25-,27-,28-/m1/s1. The van der Waals surface area contributed by atoms with Gasteiger partial charge in [-0.3, -0.25) is 9.59 Å². The van der Waals surface area contributed by atoms with E-state index in [9.17, 15) is 14.4 Å². The van der Waals surface area contributed by atoms with Gasteiger partial charge in [-0.05, 0) is 97.5 Å². The van der Waals surface area contributed by atoms with Crippen LogP contribution in [-0.2, 0) is 23.9 Å². The quantitative estimate of drug-likeness (QED) is 0.407. The monoisotopic (exact) mass is 456 g/mol. The Morgan fingerprint density at radius 2 is 1.94 bits per heavy atom. The molecule has 4 aliphatic rings. The molecule has 4 aliphatic carbocycles. The average Bonchev–Trinajstić information content (AvgIpc) is 3.10. The van der Waals surface area contributed by atoms with Gasteiger partial charge in [0.2, 0.25) is 0 Å². The highest BCUT2D eigenvalue weighted by molar-refractivity contribution is 5.92. The van der Waals surface area contributed by atoms with Crippen molar-refractivity contribution in [3.05, 3.63) is 23.8 Å². The van der Waals surface area contributed by atoms with Crippen LogP contribution in [-0.4, -0.2) is 30.4 Å². The molecular weight excluding hydrogens is 416 g/mol. The SMILES string of the molecule is CCOC(=O)/C=C/[C@@H](C)C1CCC2C3C[C@@H](OC(C)=O)C4=CC(=O)CC[C@]4(C)C3CC[C@@]21C. The van der Waals surface area contributed by atoms with Gasteiger partial charge < -0.3 is 9.47 Å². The smallest absolute Gasteiger partial charge is 0.330 e. The van der Waals surface area contributed by atoms with Crippen LogP contribution in [0.3, 0.4) is 0 Å². The molecule has 0 saturated heterocycles. The molecule has 5 nitrogen and oxygen atoms in total. The van der Waals surface area contributed by atoms with Crippen molar-refractivity contribution in [3.63, 3.8) is 0 Å². The van der Waals surface area contributed by atoms with E-state index < -0.39 is 0 Å². The normalized spacial score (nSPS) is 40.9. The van der Waals surface area contributed by atoms with E-state index >= 15 is 0 Å². The van der Waals surface area contributed by atoms with E-state index in [1.165, 1.54) is 19.8 Å². The highest BCUT2D eigenvalue weighted by atomic mass is 16.5. The second kappa shape index (κ2) is 9.03. The highest BCUT2D eigenvalue weighted by Gasteiger charge is 2.61. The summed E-state index contributed by atoms with van der Waals surface area (Å²) in [4.78, 5) is 36.1. The van der Waals surface area contributed by atoms with Crippen molar-refractivity contribution < 1.29 is 23.9 Å². The number of fused-ring (bicyclic) bond motifs is 5. The zero-order chi connectivity index (χ0) is 24.0. The van der Waals surface area contributed by atoms with Gasteiger partial charge in [-0.1, -0.05) is 26.8 Å². The molecular formula is C28H40O5. The fourth-order valence-corrected chi connectivity index (χ4v) is 8.35. The Morgan fingerprint density at radius 1 is 1.18 bits per heavy atom. The zero-order valence-corrected chi connectivity index (χ0v) is 20.9. The summed E-state index contributed by atoms with van der Waals surface area (Å²) in [7, 11) is 0. The molecule has 3 fully saturated rings. The number of rotatable bonds is 5. The predicted molar refractivity (Wildman–Crippen MR) is 126 cm³/mol. The Balaban J connectivity index is 1.60.